The summed E-state index contributed by atoms with van der Waals surface area (Å²) in [4.78, 5) is 0. The summed E-state index contributed by atoms with van der Waals surface area (Å²) in [5, 5.41) is 9.35. The van der Waals surface area contributed by atoms with Gasteiger partial charge in [-0.1, -0.05) is 11.6 Å². The lowest BCUT2D eigenvalue weighted by molar-refractivity contribution is 0.230. The van der Waals surface area contributed by atoms with Crippen LogP contribution >= 0.6 is 11.6 Å². The van der Waals surface area contributed by atoms with Crippen LogP contribution in [0, 0.1) is 0 Å². The van der Waals surface area contributed by atoms with E-state index in [2.05, 4.69) is 0 Å². The highest BCUT2D eigenvalue weighted by molar-refractivity contribution is 6.30. The van der Waals surface area contributed by atoms with Crippen LogP contribution in [0.4, 0.5) is 0 Å². The fourth-order valence-corrected chi connectivity index (χ4v) is 1.08. The average molecular weight is 216 g/mol. The molecule has 0 fully saturated rings. The maximum Gasteiger partial charge on any atom is 0.119 e. The number of rotatable bonds is 5. The molecule has 14 heavy (non-hydrogen) atoms. The highest BCUT2D eigenvalue weighted by atomic mass is 35.5. The average Bonchev–Trinajstić information content (AvgIpc) is 2.21. The first kappa shape index (κ1) is 11.3. The molecule has 3 nitrogen and oxygen atoms in total. The molecule has 0 aliphatic rings. The molecular formula is C10H14ClNO2. The van der Waals surface area contributed by atoms with Crippen LogP contribution in [-0.2, 0) is 0 Å². The molecule has 78 valence electrons. The second-order valence-electron chi connectivity index (χ2n) is 3.03. The first-order valence-electron chi connectivity index (χ1n) is 4.47. The molecular weight excluding hydrogens is 202 g/mol. The van der Waals surface area contributed by atoms with E-state index in [4.69, 9.17) is 27.2 Å². The molecule has 0 amide bonds. The quantitative estimate of drug-likeness (QED) is 0.782. The van der Waals surface area contributed by atoms with E-state index in [1.807, 2.05) is 0 Å². The largest absolute Gasteiger partial charge is 0.494 e. The molecule has 0 saturated carbocycles. The standard InChI is InChI=1S/C10H14ClNO2/c11-8-1-3-10(4-2-8)14-6-5-9(12)7-13/h1-4,9,13H,5-7,12H2. The summed E-state index contributed by atoms with van der Waals surface area (Å²) < 4.78 is 5.38. The molecule has 1 rings (SSSR count). The SMILES string of the molecule is NC(CO)CCOc1ccc(Cl)cc1. The Morgan fingerprint density at radius 2 is 2.00 bits per heavy atom. The summed E-state index contributed by atoms with van der Waals surface area (Å²) in [5.41, 5.74) is 5.51. The lowest BCUT2D eigenvalue weighted by Crippen LogP contribution is -2.26. The minimum absolute atomic E-state index is 0.00994. The first-order chi connectivity index (χ1) is 6.72. The summed E-state index contributed by atoms with van der Waals surface area (Å²) in [6.07, 6.45) is 0.638. The van der Waals surface area contributed by atoms with Gasteiger partial charge in [0.2, 0.25) is 0 Å². The van der Waals surface area contributed by atoms with Crippen molar-refractivity contribution in [3.8, 4) is 5.75 Å². The van der Waals surface area contributed by atoms with E-state index in [1.54, 1.807) is 24.3 Å². The molecule has 1 atom stereocenters. The third-order valence-electron chi connectivity index (χ3n) is 1.81. The molecule has 0 saturated heterocycles. The normalized spacial score (nSPS) is 12.5. The molecule has 4 heteroatoms. The lowest BCUT2D eigenvalue weighted by atomic mass is 10.2. The number of halogens is 1. The van der Waals surface area contributed by atoms with Crippen LogP contribution in [0.25, 0.3) is 0 Å². The van der Waals surface area contributed by atoms with Crippen molar-refractivity contribution < 1.29 is 9.84 Å². The zero-order valence-electron chi connectivity index (χ0n) is 7.82. The van der Waals surface area contributed by atoms with Gasteiger partial charge >= 0.3 is 0 Å². The van der Waals surface area contributed by atoms with Crippen LogP contribution in [0.3, 0.4) is 0 Å². The van der Waals surface area contributed by atoms with E-state index in [0.717, 1.165) is 5.75 Å². The minimum atomic E-state index is -0.206. The zero-order chi connectivity index (χ0) is 10.4. The highest BCUT2D eigenvalue weighted by Gasteiger charge is 2.00. The van der Waals surface area contributed by atoms with Gasteiger partial charge in [0.05, 0.1) is 13.2 Å². The van der Waals surface area contributed by atoms with Crippen molar-refractivity contribution in [1.29, 1.82) is 0 Å². The van der Waals surface area contributed by atoms with Gasteiger partial charge in [-0.15, -0.1) is 0 Å². The maximum atomic E-state index is 8.67. The van der Waals surface area contributed by atoms with Gasteiger partial charge in [-0.25, -0.2) is 0 Å². The first-order valence-corrected chi connectivity index (χ1v) is 4.85. The van der Waals surface area contributed by atoms with Crippen LogP contribution in [0.5, 0.6) is 5.75 Å². The van der Waals surface area contributed by atoms with Gasteiger partial charge in [0.1, 0.15) is 5.75 Å². The molecule has 0 radical (unpaired) electrons. The Hall–Kier alpha value is -0.770. The Bertz CT molecular complexity index is 263. The highest BCUT2D eigenvalue weighted by Crippen LogP contribution is 2.15. The molecule has 0 aromatic heterocycles. The van der Waals surface area contributed by atoms with Gasteiger partial charge in [0.15, 0.2) is 0 Å². The summed E-state index contributed by atoms with van der Waals surface area (Å²) in [5.74, 6) is 0.763. The smallest absolute Gasteiger partial charge is 0.119 e. The number of hydrogen-bond acceptors (Lipinski definition) is 3. The molecule has 3 N–H and O–H groups in total. The Morgan fingerprint density at radius 3 is 2.57 bits per heavy atom. The second kappa shape index (κ2) is 5.86. The summed E-state index contributed by atoms with van der Waals surface area (Å²) in [6, 6.07) is 6.92. The van der Waals surface area contributed by atoms with Crippen LogP contribution in [0.15, 0.2) is 24.3 Å². The van der Waals surface area contributed by atoms with Gasteiger partial charge < -0.3 is 15.6 Å². The van der Waals surface area contributed by atoms with Gasteiger partial charge in [-0.3, -0.25) is 0 Å². The fraction of sp³-hybridized carbons (Fsp3) is 0.400. The molecule has 0 heterocycles. The zero-order valence-corrected chi connectivity index (χ0v) is 8.57. The topological polar surface area (TPSA) is 55.5 Å². The predicted molar refractivity (Wildman–Crippen MR) is 56.6 cm³/mol. The van der Waals surface area contributed by atoms with E-state index in [9.17, 15) is 0 Å². The van der Waals surface area contributed by atoms with Crippen molar-refractivity contribution in [3.05, 3.63) is 29.3 Å². The second-order valence-corrected chi connectivity index (χ2v) is 3.47. The van der Waals surface area contributed by atoms with Crippen molar-refractivity contribution in [1.82, 2.24) is 0 Å². The van der Waals surface area contributed by atoms with Crippen molar-refractivity contribution in [2.45, 2.75) is 12.5 Å². The van der Waals surface area contributed by atoms with Crippen molar-refractivity contribution in [3.63, 3.8) is 0 Å². The van der Waals surface area contributed by atoms with E-state index < -0.39 is 0 Å². The fourth-order valence-electron chi connectivity index (χ4n) is 0.950. The van der Waals surface area contributed by atoms with Gasteiger partial charge in [-0.05, 0) is 30.7 Å². The van der Waals surface area contributed by atoms with Crippen LogP contribution in [-0.4, -0.2) is 24.4 Å². The summed E-state index contributed by atoms with van der Waals surface area (Å²) >= 11 is 5.71. The number of ether oxygens (including phenoxy) is 1. The van der Waals surface area contributed by atoms with E-state index in [0.29, 0.717) is 18.1 Å². The monoisotopic (exact) mass is 215 g/mol. The Balaban J connectivity index is 2.28. The lowest BCUT2D eigenvalue weighted by Gasteiger charge is -2.09. The van der Waals surface area contributed by atoms with E-state index in [1.165, 1.54) is 0 Å². The van der Waals surface area contributed by atoms with Crippen molar-refractivity contribution in [2.24, 2.45) is 5.73 Å². The Kier molecular flexibility index (Phi) is 4.73. The maximum absolute atomic E-state index is 8.67. The molecule has 1 unspecified atom stereocenters. The molecule has 0 bridgehead atoms. The Morgan fingerprint density at radius 1 is 1.36 bits per heavy atom. The molecule has 1 aromatic rings. The van der Waals surface area contributed by atoms with E-state index >= 15 is 0 Å². The van der Waals surface area contributed by atoms with Crippen LogP contribution < -0.4 is 10.5 Å². The minimum Gasteiger partial charge on any atom is -0.494 e. The number of hydrogen-bond donors (Lipinski definition) is 2. The molecule has 0 spiro atoms. The van der Waals surface area contributed by atoms with Gasteiger partial charge in [-0.2, -0.15) is 0 Å². The number of benzene rings is 1. The number of nitrogens with two attached hydrogens (primary N) is 1. The molecule has 0 aliphatic carbocycles. The van der Waals surface area contributed by atoms with Gasteiger partial charge in [0.25, 0.3) is 0 Å². The third-order valence-corrected chi connectivity index (χ3v) is 2.06. The molecule has 1 aromatic carbocycles. The summed E-state index contributed by atoms with van der Waals surface area (Å²) in [6.45, 7) is 0.493. The van der Waals surface area contributed by atoms with Crippen LogP contribution in [0.1, 0.15) is 6.42 Å². The summed E-state index contributed by atoms with van der Waals surface area (Å²) in [7, 11) is 0. The number of aliphatic hydroxyl groups excluding tert-OH is 1. The van der Waals surface area contributed by atoms with Crippen molar-refractivity contribution >= 4 is 11.6 Å². The van der Waals surface area contributed by atoms with Gasteiger partial charge in [0, 0.05) is 11.1 Å². The van der Waals surface area contributed by atoms with Crippen LogP contribution in [0.2, 0.25) is 5.02 Å². The number of aliphatic hydroxyl groups is 1. The molecule has 0 aliphatic heterocycles. The Labute approximate surface area is 88.4 Å². The third kappa shape index (κ3) is 3.96. The van der Waals surface area contributed by atoms with E-state index in [-0.39, 0.29) is 12.6 Å². The van der Waals surface area contributed by atoms with Crippen molar-refractivity contribution in [2.75, 3.05) is 13.2 Å². The predicted octanol–water partition coefficient (Wildman–Crippen LogP) is 1.43.